The molecule has 6 nitrogen and oxygen atoms in total. The second-order valence-corrected chi connectivity index (χ2v) is 9.76. The zero-order chi connectivity index (χ0) is 19.0. The minimum Gasteiger partial charge on any atom is -0.297 e. The van der Waals surface area contributed by atoms with Crippen molar-refractivity contribution in [3.63, 3.8) is 0 Å². The topological polar surface area (TPSA) is 83.1 Å². The lowest BCUT2D eigenvalue weighted by atomic mass is 10.1. The molecule has 0 bridgehead atoms. The number of hydrogen-bond acceptors (Lipinski definition) is 6. The van der Waals surface area contributed by atoms with Crippen LogP contribution in [0.25, 0.3) is 10.4 Å². The van der Waals surface area contributed by atoms with Gasteiger partial charge >= 0.3 is 0 Å². The van der Waals surface area contributed by atoms with E-state index in [1.54, 1.807) is 11.3 Å². The molecule has 8 heteroatoms. The summed E-state index contributed by atoms with van der Waals surface area (Å²) in [6, 6.07) is 14.5. The molecule has 1 aromatic carbocycles. The maximum absolute atomic E-state index is 12.3. The summed E-state index contributed by atoms with van der Waals surface area (Å²) >= 11 is 1.75. The number of H-pyrrole nitrogens is 1. The Morgan fingerprint density at radius 1 is 1.19 bits per heavy atom. The average Bonchev–Trinajstić information content (AvgIpc) is 3.10. The van der Waals surface area contributed by atoms with Gasteiger partial charge < -0.3 is 0 Å². The van der Waals surface area contributed by atoms with Gasteiger partial charge in [-0.25, -0.2) is 13.4 Å². The molecule has 0 saturated heterocycles. The predicted octanol–water partition coefficient (Wildman–Crippen LogP) is 2.46. The lowest BCUT2D eigenvalue weighted by Gasteiger charge is -2.27. The minimum absolute atomic E-state index is 0.245. The van der Waals surface area contributed by atoms with E-state index in [2.05, 4.69) is 39.1 Å². The van der Waals surface area contributed by atoms with Gasteiger partial charge in [0.1, 0.15) is 0 Å². The maximum Gasteiger partial charge on any atom is 0.256 e. The van der Waals surface area contributed by atoms with Gasteiger partial charge in [-0.1, -0.05) is 30.3 Å². The highest BCUT2D eigenvalue weighted by atomic mass is 32.2. The Bertz CT molecular complexity index is 1130. The summed E-state index contributed by atoms with van der Waals surface area (Å²) in [4.78, 5) is 23.6. The number of sulfone groups is 1. The molecule has 0 saturated carbocycles. The van der Waals surface area contributed by atoms with Crippen LogP contribution < -0.4 is 5.56 Å². The number of rotatable bonds is 4. The second kappa shape index (κ2) is 7.03. The third-order valence-electron chi connectivity index (χ3n) is 4.58. The van der Waals surface area contributed by atoms with E-state index in [1.165, 1.54) is 15.3 Å². The largest absolute Gasteiger partial charge is 0.297 e. The van der Waals surface area contributed by atoms with Crippen LogP contribution in [0.5, 0.6) is 0 Å². The molecular weight excluding hydrogens is 382 g/mol. The zero-order valence-electron chi connectivity index (χ0n) is 14.8. The lowest BCUT2D eigenvalue weighted by Crippen LogP contribution is -2.35. The van der Waals surface area contributed by atoms with Crippen molar-refractivity contribution >= 4 is 21.2 Å². The Hall–Kier alpha value is -2.29. The van der Waals surface area contributed by atoms with Gasteiger partial charge in [-0.05, 0) is 17.7 Å². The van der Waals surface area contributed by atoms with E-state index in [0.29, 0.717) is 24.2 Å². The van der Waals surface area contributed by atoms with Crippen LogP contribution in [0.1, 0.15) is 16.1 Å². The first-order valence-electron chi connectivity index (χ1n) is 8.59. The summed E-state index contributed by atoms with van der Waals surface area (Å²) in [5.41, 5.74) is 1.99. The quantitative estimate of drug-likeness (QED) is 0.679. The van der Waals surface area contributed by atoms with Crippen molar-refractivity contribution < 1.29 is 8.42 Å². The van der Waals surface area contributed by atoms with Crippen LogP contribution in [0.4, 0.5) is 0 Å². The van der Waals surface area contributed by atoms with E-state index in [4.69, 9.17) is 0 Å². The van der Waals surface area contributed by atoms with Crippen molar-refractivity contribution in [1.82, 2.24) is 14.9 Å². The van der Waals surface area contributed by atoms with Crippen LogP contribution >= 0.6 is 11.3 Å². The average molecular weight is 402 g/mol. The third-order valence-corrected chi connectivity index (χ3v) is 6.59. The van der Waals surface area contributed by atoms with Crippen molar-refractivity contribution in [2.75, 3.05) is 12.8 Å². The predicted molar refractivity (Wildman–Crippen MR) is 106 cm³/mol. The summed E-state index contributed by atoms with van der Waals surface area (Å²) in [6.07, 6.45) is 1.62. The van der Waals surface area contributed by atoms with E-state index in [-0.39, 0.29) is 10.7 Å². The lowest BCUT2D eigenvalue weighted by molar-refractivity contribution is 0.243. The van der Waals surface area contributed by atoms with Crippen molar-refractivity contribution in [2.24, 2.45) is 0 Å². The highest BCUT2D eigenvalue weighted by Gasteiger charge is 2.23. The molecule has 0 spiro atoms. The number of aromatic nitrogens is 2. The Kier molecular flexibility index (Phi) is 4.71. The Morgan fingerprint density at radius 2 is 1.96 bits per heavy atom. The van der Waals surface area contributed by atoms with Gasteiger partial charge in [0, 0.05) is 42.1 Å². The normalized spacial score (nSPS) is 14.9. The molecule has 0 radical (unpaired) electrons. The molecule has 3 heterocycles. The van der Waals surface area contributed by atoms with Crippen LogP contribution in [0, 0.1) is 0 Å². The Morgan fingerprint density at radius 3 is 2.70 bits per heavy atom. The van der Waals surface area contributed by atoms with Crippen LogP contribution in [0.15, 0.2) is 52.4 Å². The fraction of sp³-hybridized carbons (Fsp3) is 0.263. The molecule has 1 aliphatic rings. The smallest absolute Gasteiger partial charge is 0.256 e. The highest BCUT2D eigenvalue weighted by Crippen LogP contribution is 2.29. The number of hydrogen-bond donors (Lipinski definition) is 1. The van der Waals surface area contributed by atoms with Crippen LogP contribution in [0.2, 0.25) is 0 Å². The van der Waals surface area contributed by atoms with Gasteiger partial charge in [-0.2, -0.15) is 0 Å². The summed E-state index contributed by atoms with van der Waals surface area (Å²) in [5, 5.41) is -0.245. The third kappa shape index (κ3) is 3.87. The highest BCUT2D eigenvalue weighted by molar-refractivity contribution is 7.90. The molecule has 140 valence electrons. The van der Waals surface area contributed by atoms with Gasteiger partial charge in [-0.15, -0.1) is 11.3 Å². The van der Waals surface area contributed by atoms with E-state index in [0.717, 1.165) is 19.3 Å². The van der Waals surface area contributed by atoms with E-state index in [1.807, 2.05) is 18.2 Å². The van der Waals surface area contributed by atoms with E-state index in [9.17, 15) is 13.2 Å². The monoisotopic (exact) mass is 401 g/mol. The minimum atomic E-state index is -3.52. The first-order chi connectivity index (χ1) is 12.9. The molecular formula is C19H19N3O3S2. The van der Waals surface area contributed by atoms with Crippen molar-refractivity contribution in [3.8, 4) is 10.4 Å². The number of nitrogens with zero attached hydrogens (tertiary/aromatic N) is 2. The standard InChI is InChI=1S/C19H19N3O3S2/c1-27(24,25)19-20-16-9-10-22(12-15(16)18(23)21-19)11-14-7-8-17(26-14)13-5-3-2-4-6-13/h2-8H,9-12H2,1H3,(H,20,21,23). The van der Waals surface area contributed by atoms with Crippen molar-refractivity contribution in [1.29, 1.82) is 0 Å². The summed E-state index contributed by atoms with van der Waals surface area (Å²) < 4.78 is 23.3. The molecule has 4 rings (SSSR count). The van der Waals surface area contributed by atoms with Crippen molar-refractivity contribution in [2.45, 2.75) is 24.7 Å². The molecule has 0 atom stereocenters. The molecule has 0 aliphatic carbocycles. The molecule has 0 fully saturated rings. The maximum atomic E-state index is 12.3. The van der Waals surface area contributed by atoms with Crippen molar-refractivity contribution in [3.05, 3.63) is 69.0 Å². The number of nitrogens with one attached hydrogen (secondary N) is 1. The molecule has 0 amide bonds. The second-order valence-electron chi connectivity index (χ2n) is 6.66. The number of benzene rings is 1. The van der Waals surface area contributed by atoms with E-state index >= 15 is 0 Å². The van der Waals surface area contributed by atoms with Gasteiger partial charge in [-0.3, -0.25) is 14.7 Å². The SMILES string of the molecule is CS(=O)(=O)c1nc2c(c(=O)[nH]1)CN(Cc1ccc(-c3ccccc3)s1)CC2. The van der Waals surface area contributed by atoms with Crippen LogP contribution in [-0.2, 0) is 29.3 Å². The fourth-order valence-corrected chi connectivity index (χ4v) is 4.82. The van der Waals surface area contributed by atoms with Crippen LogP contribution in [-0.4, -0.2) is 36.1 Å². The zero-order valence-corrected chi connectivity index (χ0v) is 16.4. The van der Waals surface area contributed by atoms with Gasteiger partial charge in [0.25, 0.3) is 5.56 Å². The van der Waals surface area contributed by atoms with Gasteiger partial charge in [0.05, 0.1) is 11.3 Å². The fourth-order valence-electron chi connectivity index (χ4n) is 3.21. The molecule has 27 heavy (non-hydrogen) atoms. The molecule has 2 aromatic heterocycles. The molecule has 1 N–H and O–H groups in total. The molecule has 3 aromatic rings. The van der Waals surface area contributed by atoms with Gasteiger partial charge in [0.2, 0.25) is 15.0 Å². The Balaban J connectivity index is 1.53. The van der Waals surface area contributed by atoms with Crippen LogP contribution in [0.3, 0.4) is 0 Å². The Labute approximate surface area is 161 Å². The van der Waals surface area contributed by atoms with E-state index < -0.39 is 9.84 Å². The molecule has 0 unspecified atom stereocenters. The number of thiophene rings is 1. The summed E-state index contributed by atoms with van der Waals surface area (Å²) in [7, 11) is -3.52. The number of aromatic amines is 1. The molecule has 1 aliphatic heterocycles. The number of fused-ring (bicyclic) bond motifs is 1. The summed E-state index contributed by atoms with van der Waals surface area (Å²) in [6.45, 7) is 1.97. The first-order valence-corrected chi connectivity index (χ1v) is 11.3. The van der Waals surface area contributed by atoms with Gasteiger partial charge in [0.15, 0.2) is 0 Å². The first kappa shape index (κ1) is 18.1. The summed E-state index contributed by atoms with van der Waals surface area (Å²) in [5.74, 6) is 0.